The number of carbonyl (C=O) groups excluding carboxylic acids is 1. The van der Waals surface area contributed by atoms with E-state index < -0.39 is 0 Å². The van der Waals surface area contributed by atoms with E-state index in [0.29, 0.717) is 6.54 Å². The molecule has 3 rings (SSSR count). The maximum absolute atomic E-state index is 11.7. The quantitative estimate of drug-likeness (QED) is 0.795. The van der Waals surface area contributed by atoms with Crippen molar-refractivity contribution in [2.24, 2.45) is 5.92 Å². The largest absolute Gasteiger partial charge is 0.469 e. The Morgan fingerprint density at radius 1 is 1.50 bits per heavy atom. The number of esters is 1. The number of carbonyl (C=O) groups is 1. The SMILES string of the molecule is COC(=O)C1CNCC1c1cn2ccccc2n1. The Morgan fingerprint density at radius 3 is 3.17 bits per heavy atom. The second-order valence-corrected chi connectivity index (χ2v) is 4.53. The molecule has 18 heavy (non-hydrogen) atoms. The van der Waals surface area contributed by atoms with Crippen LogP contribution in [0.15, 0.2) is 30.6 Å². The predicted molar refractivity (Wildman–Crippen MR) is 66.3 cm³/mol. The van der Waals surface area contributed by atoms with Crippen molar-refractivity contribution in [2.45, 2.75) is 5.92 Å². The molecular weight excluding hydrogens is 230 g/mol. The highest BCUT2D eigenvalue weighted by Gasteiger charge is 2.36. The summed E-state index contributed by atoms with van der Waals surface area (Å²) >= 11 is 0. The van der Waals surface area contributed by atoms with Gasteiger partial charge in [0.2, 0.25) is 0 Å². The van der Waals surface area contributed by atoms with Gasteiger partial charge in [-0.2, -0.15) is 0 Å². The molecule has 1 aliphatic heterocycles. The summed E-state index contributed by atoms with van der Waals surface area (Å²) in [5.41, 5.74) is 1.85. The minimum absolute atomic E-state index is 0.0948. The summed E-state index contributed by atoms with van der Waals surface area (Å²) in [6.07, 6.45) is 3.95. The van der Waals surface area contributed by atoms with Gasteiger partial charge < -0.3 is 14.5 Å². The number of methoxy groups -OCH3 is 1. The highest BCUT2D eigenvalue weighted by molar-refractivity contribution is 5.74. The lowest BCUT2D eigenvalue weighted by atomic mass is 9.93. The van der Waals surface area contributed by atoms with E-state index in [1.807, 2.05) is 35.0 Å². The summed E-state index contributed by atoms with van der Waals surface area (Å²) in [4.78, 5) is 16.3. The predicted octanol–water partition coefficient (Wildman–Crippen LogP) is 0.810. The van der Waals surface area contributed by atoms with Gasteiger partial charge in [-0.3, -0.25) is 4.79 Å². The number of ether oxygens (including phenoxy) is 1. The van der Waals surface area contributed by atoms with E-state index in [9.17, 15) is 4.79 Å². The van der Waals surface area contributed by atoms with Crippen molar-refractivity contribution in [1.29, 1.82) is 0 Å². The lowest BCUT2D eigenvalue weighted by molar-refractivity contribution is -0.145. The summed E-state index contributed by atoms with van der Waals surface area (Å²) in [7, 11) is 1.43. The summed E-state index contributed by atoms with van der Waals surface area (Å²) in [6.45, 7) is 1.43. The van der Waals surface area contributed by atoms with E-state index in [1.54, 1.807) is 0 Å². The Labute approximate surface area is 105 Å². The summed E-state index contributed by atoms with van der Waals surface area (Å²) in [5.74, 6) is -0.209. The molecule has 1 N–H and O–H groups in total. The van der Waals surface area contributed by atoms with Crippen LogP contribution in [0.25, 0.3) is 5.65 Å². The molecule has 0 saturated carbocycles. The number of pyridine rings is 1. The van der Waals surface area contributed by atoms with E-state index in [0.717, 1.165) is 17.9 Å². The van der Waals surface area contributed by atoms with E-state index in [1.165, 1.54) is 7.11 Å². The van der Waals surface area contributed by atoms with Gasteiger partial charge in [-0.25, -0.2) is 4.98 Å². The third-order valence-corrected chi connectivity index (χ3v) is 3.48. The molecule has 5 heteroatoms. The van der Waals surface area contributed by atoms with E-state index in [2.05, 4.69) is 10.3 Å². The minimum atomic E-state index is -0.165. The Balaban J connectivity index is 1.95. The van der Waals surface area contributed by atoms with Crippen molar-refractivity contribution in [1.82, 2.24) is 14.7 Å². The molecule has 1 aliphatic rings. The number of hydrogen-bond donors (Lipinski definition) is 1. The van der Waals surface area contributed by atoms with Crippen LogP contribution in [0.4, 0.5) is 0 Å². The average Bonchev–Trinajstić information content (AvgIpc) is 3.03. The fraction of sp³-hybridized carbons (Fsp3) is 0.385. The molecule has 5 nitrogen and oxygen atoms in total. The minimum Gasteiger partial charge on any atom is -0.469 e. The van der Waals surface area contributed by atoms with Gasteiger partial charge in [0, 0.05) is 31.4 Å². The Morgan fingerprint density at radius 2 is 2.39 bits per heavy atom. The second kappa shape index (κ2) is 4.42. The van der Waals surface area contributed by atoms with E-state index in [4.69, 9.17) is 4.74 Å². The molecule has 94 valence electrons. The third-order valence-electron chi connectivity index (χ3n) is 3.48. The standard InChI is InChI=1S/C13H15N3O2/c1-18-13(17)10-7-14-6-9(10)11-8-16-5-3-2-4-12(16)15-11/h2-5,8-10,14H,6-7H2,1H3. The van der Waals surface area contributed by atoms with Gasteiger partial charge >= 0.3 is 5.97 Å². The topological polar surface area (TPSA) is 55.6 Å². The molecule has 2 aromatic heterocycles. The van der Waals surface area contributed by atoms with Crippen molar-refractivity contribution in [2.75, 3.05) is 20.2 Å². The van der Waals surface area contributed by atoms with Crippen LogP contribution in [-0.2, 0) is 9.53 Å². The molecule has 3 heterocycles. The fourth-order valence-corrected chi connectivity index (χ4v) is 2.52. The van der Waals surface area contributed by atoms with Gasteiger partial charge in [-0.05, 0) is 12.1 Å². The molecule has 0 radical (unpaired) electrons. The zero-order valence-corrected chi connectivity index (χ0v) is 10.2. The number of hydrogen-bond acceptors (Lipinski definition) is 4. The van der Waals surface area contributed by atoms with Crippen molar-refractivity contribution >= 4 is 11.6 Å². The number of nitrogens with zero attached hydrogens (tertiary/aromatic N) is 2. The zero-order valence-electron chi connectivity index (χ0n) is 10.2. The van der Waals surface area contributed by atoms with Crippen molar-refractivity contribution < 1.29 is 9.53 Å². The van der Waals surface area contributed by atoms with E-state index >= 15 is 0 Å². The molecule has 0 bridgehead atoms. The molecule has 1 fully saturated rings. The first kappa shape index (κ1) is 11.2. The van der Waals surface area contributed by atoms with Crippen LogP contribution in [-0.4, -0.2) is 35.6 Å². The number of aromatic nitrogens is 2. The van der Waals surface area contributed by atoms with Gasteiger partial charge in [0.25, 0.3) is 0 Å². The molecule has 2 atom stereocenters. The Kier molecular flexibility index (Phi) is 2.76. The second-order valence-electron chi connectivity index (χ2n) is 4.53. The zero-order chi connectivity index (χ0) is 12.5. The van der Waals surface area contributed by atoms with Gasteiger partial charge in [-0.1, -0.05) is 6.07 Å². The summed E-state index contributed by atoms with van der Waals surface area (Å²) in [5, 5.41) is 3.23. The molecule has 0 spiro atoms. The highest BCUT2D eigenvalue weighted by Crippen LogP contribution is 2.28. The maximum Gasteiger partial charge on any atom is 0.310 e. The number of nitrogens with one attached hydrogen (secondary N) is 1. The first-order valence-electron chi connectivity index (χ1n) is 6.02. The number of imidazole rings is 1. The first-order valence-corrected chi connectivity index (χ1v) is 6.02. The average molecular weight is 245 g/mol. The van der Waals surface area contributed by atoms with Gasteiger partial charge in [0.05, 0.1) is 18.7 Å². The lowest BCUT2D eigenvalue weighted by Crippen LogP contribution is -2.23. The van der Waals surface area contributed by atoms with Crippen LogP contribution in [0.2, 0.25) is 0 Å². The molecule has 0 aromatic carbocycles. The molecule has 1 saturated heterocycles. The highest BCUT2D eigenvalue weighted by atomic mass is 16.5. The number of fused-ring (bicyclic) bond motifs is 1. The molecule has 2 aromatic rings. The first-order chi connectivity index (χ1) is 8.79. The smallest absolute Gasteiger partial charge is 0.310 e. The van der Waals surface area contributed by atoms with Gasteiger partial charge in [0.15, 0.2) is 0 Å². The molecule has 2 unspecified atom stereocenters. The maximum atomic E-state index is 11.7. The molecule has 0 amide bonds. The Hall–Kier alpha value is -1.88. The van der Waals surface area contributed by atoms with Crippen molar-refractivity contribution in [3.8, 4) is 0 Å². The molecular formula is C13H15N3O2. The normalized spacial score (nSPS) is 23.4. The monoisotopic (exact) mass is 245 g/mol. The summed E-state index contributed by atoms with van der Waals surface area (Å²) < 4.78 is 6.82. The van der Waals surface area contributed by atoms with Crippen LogP contribution >= 0.6 is 0 Å². The lowest BCUT2D eigenvalue weighted by Gasteiger charge is -2.13. The van der Waals surface area contributed by atoms with Crippen LogP contribution in [0.3, 0.4) is 0 Å². The van der Waals surface area contributed by atoms with E-state index in [-0.39, 0.29) is 17.8 Å². The van der Waals surface area contributed by atoms with Crippen molar-refractivity contribution in [3.05, 3.63) is 36.3 Å². The van der Waals surface area contributed by atoms with Crippen LogP contribution in [0, 0.1) is 5.92 Å². The van der Waals surface area contributed by atoms with Crippen molar-refractivity contribution in [3.63, 3.8) is 0 Å². The summed E-state index contributed by atoms with van der Waals surface area (Å²) in [6, 6.07) is 5.87. The van der Waals surface area contributed by atoms with Crippen LogP contribution in [0.5, 0.6) is 0 Å². The third kappa shape index (κ3) is 1.76. The number of rotatable bonds is 2. The molecule has 0 aliphatic carbocycles. The Bertz CT molecular complexity index is 545. The fourth-order valence-electron chi connectivity index (χ4n) is 2.52. The van der Waals surface area contributed by atoms with Crippen LogP contribution in [0.1, 0.15) is 11.6 Å². The van der Waals surface area contributed by atoms with Gasteiger partial charge in [-0.15, -0.1) is 0 Å². The van der Waals surface area contributed by atoms with Gasteiger partial charge in [0.1, 0.15) is 5.65 Å². The van der Waals surface area contributed by atoms with Crippen LogP contribution < -0.4 is 5.32 Å².